The van der Waals surface area contributed by atoms with Gasteiger partial charge in [-0.05, 0) is 16.8 Å². The Morgan fingerprint density at radius 1 is 1.80 bits per heavy atom. The first kappa shape index (κ1) is 12.1. The summed E-state index contributed by atoms with van der Waals surface area (Å²) in [4.78, 5) is 13.4. The highest BCUT2D eigenvalue weighted by Crippen LogP contribution is 2.18. The molecule has 0 saturated heterocycles. The van der Waals surface area contributed by atoms with Crippen LogP contribution < -0.4 is 0 Å². The molecule has 0 saturated carbocycles. The van der Waals surface area contributed by atoms with E-state index < -0.39 is 17.1 Å². The summed E-state index contributed by atoms with van der Waals surface area (Å²) in [5.74, 6) is -0.310. The molecule has 0 aliphatic rings. The van der Waals surface area contributed by atoms with Crippen molar-refractivity contribution in [3.63, 3.8) is 0 Å². The number of rotatable bonds is 4. The standard InChI is InChI=1S/C7H10BrN3O4/c1-7(13,4-12)3-10-2-5(11(14)15)9-6(10)8/h2,12-13H,3-4H2,1H3. The van der Waals surface area contributed by atoms with E-state index in [-0.39, 0.29) is 17.1 Å². The summed E-state index contributed by atoms with van der Waals surface area (Å²) in [5, 5.41) is 28.8. The highest BCUT2D eigenvalue weighted by Gasteiger charge is 2.24. The molecular formula is C7H10BrN3O4. The van der Waals surface area contributed by atoms with Gasteiger partial charge in [-0.1, -0.05) is 0 Å². The first-order valence-electron chi connectivity index (χ1n) is 4.06. The van der Waals surface area contributed by atoms with Gasteiger partial charge in [-0.3, -0.25) is 4.57 Å². The Labute approximate surface area is 93.6 Å². The van der Waals surface area contributed by atoms with E-state index >= 15 is 0 Å². The molecule has 1 heterocycles. The van der Waals surface area contributed by atoms with E-state index in [1.54, 1.807) is 0 Å². The van der Waals surface area contributed by atoms with Crippen molar-refractivity contribution in [2.24, 2.45) is 0 Å². The van der Waals surface area contributed by atoms with Crippen molar-refractivity contribution in [1.29, 1.82) is 0 Å². The van der Waals surface area contributed by atoms with Crippen molar-refractivity contribution in [1.82, 2.24) is 9.55 Å². The molecule has 15 heavy (non-hydrogen) atoms. The lowest BCUT2D eigenvalue weighted by Crippen LogP contribution is -2.34. The van der Waals surface area contributed by atoms with Crippen LogP contribution in [-0.2, 0) is 6.54 Å². The zero-order chi connectivity index (χ0) is 11.6. The van der Waals surface area contributed by atoms with E-state index in [0.717, 1.165) is 0 Å². The van der Waals surface area contributed by atoms with Crippen molar-refractivity contribution < 1.29 is 15.1 Å². The highest BCUT2D eigenvalue weighted by molar-refractivity contribution is 9.10. The third-order valence-electron chi connectivity index (χ3n) is 1.75. The van der Waals surface area contributed by atoms with Crippen LogP contribution in [0.2, 0.25) is 0 Å². The Morgan fingerprint density at radius 2 is 2.40 bits per heavy atom. The van der Waals surface area contributed by atoms with Crippen LogP contribution >= 0.6 is 15.9 Å². The Morgan fingerprint density at radius 3 is 2.80 bits per heavy atom. The van der Waals surface area contributed by atoms with Crippen LogP contribution in [0.1, 0.15) is 6.92 Å². The van der Waals surface area contributed by atoms with Gasteiger partial charge in [0, 0.05) is 15.9 Å². The maximum absolute atomic E-state index is 10.4. The second-order valence-corrected chi connectivity index (χ2v) is 4.12. The number of nitro groups is 1. The van der Waals surface area contributed by atoms with Crippen LogP contribution in [0.5, 0.6) is 0 Å². The number of hydrogen-bond donors (Lipinski definition) is 2. The van der Waals surface area contributed by atoms with Crippen LogP contribution in [0, 0.1) is 10.1 Å². The normalized spacial score (nSPS) is 14.9. The minimum absolute atomic E-state index is 0.0188. The summed E-state index contributed by atoms with van der Waals surface area (Å²) >= 11 is 3.02. The fourth-order valence-electron chi connectivity index (χ4n) is 0.996. The molecule has 0 radical (unpaired) electrons. The molecule has 0 aliphatic heterocycles. The molecular weight excluding hydrogens is 270 g/mol. The molecule has 8 heteroatoms. The van der Waals surface area contributed by atoms with Gasteiger partial charge < -0.3 is 20.3 Å². The second kappa shape index (κ2) is 4.25. The maximum atomic E-state index is 10.4. The number of hydrogen-bond acceptors (Lipinski definition) is 5. The SMILES string of the molecule is CC(O)(CO)Cn1cc([N+](=O)[O-])nc1Br. The van der Waals surface area contributed by atoms with Gasteiger partial charge in [0.05, 0.1) is 13.2 Å². The number of halogens is 1. The van der Waals surface area contributed by atoms with Gasteiger partial charge >= 0.3 is 5.82 Å². The van der Waals surface area contributed by atoms with E-state index in [4.69, 9.17) is 5.11 Å². The van der Waals surface area contributed by atoms with Crippen molar-refractivity contribution in [2.75, 3.05) is 6.61 Å². The van der Waals surface area contributed by atoms with E-state index in [9.17, 15) is 15.2 Å². The number of imidazole rings is 1. The van der Waals surface area contributed by atoms with Gasteiger partial charge in [-0.25, -0.2) is 0 Å². The lowest BCUT2D eigenvalue weighted by atomic mass is 10.1. The van der Waals surface area contributed by atoms with Gasteiger partial charge in [0.1, 0.15) is 11.8 Å². The molecule has 1 atom stereocenters. The van der Waals surface area contributed by atoms with Crippen molar-refractivity contribution >= 4 is 21.7 Å². The zero-order valence-electron chi connectivity index (χ0n) is 7.92. The monoisotopic (exact) mass is 279 g/mol. The van der Waals surface area contributed by atoms with E-state index in [0.29, 0.717) is 0 Å². The summed E-state index contributed by atoms with van der Waals surface area (Å²) < 4.78 is 1.59. The van der Waals surface area contributed by atoms with Gasteiger partial charge in [0.25, 0.3) is 4.73 Å². The molecule has 0 bridgehead atoms. The summed E-state index contributed by atoms with van der Waals surface area (Å²) in [6.07, 6.45) is 1.19. The Kier molecular flexibility index (Phi) is 3.42. The molecule has 0 fully saturated rings. The fraction of sp³-hybridized carbons (Fsp3) is 0.571. The average Bonchev–Trinajstić information content (AvgIpc) is 2.47. The van der Waals surface area contributed by atoms with Crippen molar-refractivity contribution in [3.8, 4) is 0 Å². The second-order valence-electron chi connectivity index (χ2n) is 3.41. The van der Waals surface area contributed by atoms with E-state index in [1.807, 2.05) is 0 Å². The highest BCUT2D eigenvalue weighted by atomic mass is 79.9. The van der Waals surface area contributed by atoms with E-state index in [2.05, 4.69) is 20.9 Å². The maximum Gasteiger partial charge on any atom is 0.382 e. The molecule has 7 nitrogen and oxygen atoms in total. The van der Waals surface area contributed by atoms with Crippen LogP contribution in [0.25, 0.3) is 0 Å². The van der Waals surface area contributed by atoms with Crippen molar-refractivity contribution in [2.45, 2.75) is 19.1 Å². The van der Waals surface area contributed by atoms with E-state index in [1.165, 1.54) is 17.7 Å². The molecule has 0 amide bonds. The molecule has 0 aromatic carbocycles. The topological polar surface area (TPSA) is 101 Å². The molecule has 1 unspecified atom stereocenters. The van der Waals surface area contributed by atoms with Crippen molar-refractivity contribution in [3.05, 3.63) is 21.0 Å². The van der Waals surface area contributed by atoms with Crippen LogP contribution in [0.15, 0.2) is 10.9 Å². The van der Waals surface area contributed by atoms with Crippen LogP contribution in [-0.4, -0.2) is 36.9 Å². The minimum atomic E-state index is -1.34. The minimum Gasteiger partial charge on any atom is -0.393 e. The summed E-state index contributed by atoms with van der Waals surface area (Å²) in [6.45, 7) is 1.00. The largest absolute Gasteiger partial charge is 0.393 e. The number of aliphatic hydroxyl groups is 2. The molecule has 1 rings (SSSR count). The quantitative estimate of drug-likeness (QED) is 0.610. The Bertz CT molecular complexity index is 376. The van der Waals surface area contributed by atoms with Gasteiger partial charge in [-0.15, -0.1) is 0 Å². The predicted molar refractivity (Wildman–Crippen MR) is 54.3 cm³/mol. The Hall–Kier alpha value is -0.990. The lowest BCUT2D eigenvalue weighted by Gasteiger charge is -2.19. The summed E-state index contributed by atoms with van der Waals surface area (Å²) in [5.41, 5.74) is -1.34. The predicted octanol–water partition coefficient (Wildman–Crippen LogP) is 0.297. The lowest BCUT2D eigenvalue weighted by molar-refractivity contribution is -0.389. The van der Waals surface area contributed by atoms with Gasteiger partial charge in [-0.2, -0.15) is 0 Å². The molecule has 1 aromatic heterocycles. The first-order valence-corrected chi connectivity index (χ1v) is 4.85. The molecule has 84 valence electrons. The molecule has 0 aliphatic carbocycles. The first-order chi connectivity index (χ1) is 6.85. The molecule has 1 aromatic rings. The average molecular weight is 280 g/mol. The smallest absolute Gasteiger partial charge is 0.382 e. The van der Waals surface area contributed by atoms with Crippen LogP contribution in [0.4, 0.5) is 5.82 Å². The van der Waals surface area contributed by atoms with Crippen LogP contribution in [0.3, 0.4) is 0 Å². The number of nitrogens with zero attached hydrogens (tertiary/aromatic N) is 3. The molecule has 0 spiro atoms. The number of aromatic nitrogens is 2. The third kappa shape index (κ3) is 2.98. The number of aliphatic hydroxyl groups excluding tert-OH is 1. The van der Waals surface area contributed by atoms with Gasteiger partial charge in [0.2, 0.25) is 0 Å². The summed E-state index contributed by atoms with van der Waals surface area (Å²) in [7, 11) is 0. The zero-order valence-corrected chi connectivity index (χ0v) is 9.51. The summed E-state index contributed by atoms with van der Waals surface area (Å²) in [6, 6.07) is 0. The third-order valence-corrected chi connectivity index (χ3v) is 2.39. The van der Waals surface area contributed by atoms with Gasteiger partial charge in [0.15, 0.2) is 0 Å². The molecule has 2 N–H and O–H groups in total. The Balaban J connectivity index is 2.91. The fourth-order valence-corrected chi connectivity index (χ4v) is 1.41.